The zero-order valence-electron chi connectivity index (χ0n) is 16.3. The fourth-order valence-corrected chi connectivity index (χ4v) is 2.35. The van der Waals surface area contributed by atoms with Crippen molar-refractivity contribution in [1.82, 2.24) is 0 Å². The van der Waals surface area contributed by atoms with Gasteiger partial charge in [-0.2, -0.15) is 0 Å². The first-order valence-corrected chi connectivity index (χ1v) is 8.55. The highest BCUT2D eigenvalue weighted by molar-refractivity contribution is 5.71. The Morgan fingerprint density at radius 3 is 1.84 bits per heavy atom. The van der Waals surface area contributed by atoms with Crippen molar-refractivity contribution in [3.8, 4) is 11.5 Å². The molecule has 3 nitrogen and oxygen atoms in total. The minimum Gasteiger partial charge on any atom is -0.504 e. The van der Waals surface area contributed by atoms with Crippen LogP contribution in [-0.2, 0) is 10.8 Å². The van der Waals surface area contributed by atoms with Crippen LogP contribution in [0, 0.1) is 0 Å². The molecule has 0 spiro atoms. The molecule has 0 radical (unpaired) electrons. The molecule has 1 aromatic heterocycles. The summed E-state index contributed by atoms with van der Waals surface area (Å²) in [4.78, 5) is 0. The number of aromatic hydroxyl groups is 1. The summed E-state index contributed by atoms with van der Waals surface area (Å²) in [6, 6.07) is 9.48. The third-order valence-corrected chi connectivity index (χ3v) is 3.97. The van der Waals surface area contributed by atoms with Gasteiger partial charge in [-0.05, 0) is 64.8 Å². The van der Waals surface area contributed by atoms with Gasteiger partial charge in [0.2, 0.25) is 0 Å². The Bertz CT molecular complexity index is 743. The second kappa shape index (κ2) is 6.91. The van der Waals surface area contributed by atoms with E-state index in [0.29, 0.717) is 5.75 Å². The van der Waals surface area contributed by atoms with E-state index in [-0.39, 0.29) is 16.6 Å². The molecule has 1 heterocycles. The predicted octanol–water partition coefficient (Wildman–Crippen LogP) is 6.04. The van der Waals surface area contributed by atoms with Crippen LogP contribution in [-0.4, -0.2) is 12.2 Å². The lowest BCUT2D eigenvalue weighted by molar-refractivity contribution is 0.328. The highest BCUT2D eigenvalue weighted by Gasteiger charge is 2.33. The number of hydrogen-bond donors (Lipinski definition) is 1. The molecule has 2 aromatic rings. The average molecular weight is 341 g/mol. The minimum absolute atomic E-state index is 0.0639. The van der Waals surface area contributed by atoms with Gasteiger partial charge in [0, 0.05) is 12.1 Å². The molecule has 0 saturated carbocycles. The monoisotopic (exact) mass is 341 g/mol. The van der Waals surface area contributed by atoms with E-state index in [9.17, 15) is 5.11 Å². The molecule has 0 aliphatic rings. The summed E-state index contributed by atoms with van der Waals surface area (Å²) >= 11 is 0. The highest BCUT2D eigenvalue weighted by atomic mass is 16.5. The molecule has 2 rings (SSSR count). The van der Waals surface area contributed by atoms with Gasteiger partial charge in [0.05, 0.1) is 17.9 Å². The van der Waals surface area contributed by atoms with Crippen LogP contribution in [0.5, 0.6) is 11.5 Å². The van der Waals surface area contributed by atoms with Crippen molar-refractivity contribution in [3.63, 3.8) is 0 Å². The Labute approximate surface area is 151 Å². The third kappa shape index (κ3) is 4.85. The van der Waals surface area contributed by atoms with Crippen LogP contribution in [0.1, 0.15) is 64.2 Å². The number of hydrogen-bond acceptors (Lipinski definition) is 2. The van der Waals surface area contributed by atoms with E-state index < -0.39 is 0 Å². The SMILES string of the molecule is COc1cc(/C=C/c2cc(C(C)(C)C)[o+]c(C(C)(C)C)c2)ccc1O. The van der Waals surface area contributed by atoms with Crippen molar-refractivity contribution in [2.75, 3.05) is 7.11 Å². The zero-order valence-corrected chi connectivity index (χ0v) is 16.3. The Hall–Kier alpha value is -2.29. The van der Waals surface area contributed by atoms with Gasteiger partial charge in [-0.3, -0.25) is 0 Å². The molecular weight excluding hydrogens is 312 g/mol. The number of methoxy groups -OCH3 is 1. The van der Waals surface area contributed by atoms with Gasteiger partial charge in [0.25, 0.3) is 0 Å². The van der Waals surface area contributed by atoms with Gasteiger partial charge in [-0.25, -0.2) is 4.42 Å². The van der Waals surface area contributed by atoms with Gasteiger partial charge >= 0.3 is 11.5 Å². The van der Waals surface area contributed by atoms with E-state index in [2.05, 4.69) is 59.8 Å². The Morgan fingerprint density at radius 1 is 0.840 bits per heavy atom. The number of benzene rings is 1. The van der Waals surface area contributed by atoms with E-state index in [0.717, 1.165) is 22.6 Å². The van der Waals surface area contributed by atoms with Crippen molar-refractivity contribution >= 4 is 12.2 Å². The van der Waals surface area contributed by atoms with Crippen LogP contribution in [0.3, 0.4) is 0 Å². The van der Waals surface area contributed by atoms with Crippen LogP contribution in [0.2, 0.25) is 0 Å². The molecule has 3 heteroatoms. The molecule has 25 heavy (non-hydrogen) atoms. The first-order valence-electron chi connectivity index (χ1n) is 8.55. The molecule has 0 atom stereocenters. The normalized spacial score (nSPS) is 12.6. The van der Waals surface area contributed by atoms with Gasteiger partial charge in [-0.15, -0.1) is 0 Å². The molecule has 0 aliphatic carbocycles. The van der Waals surface area contributed by atoms with Crippen LogP contribution in [0.4, 0.5) is 0 Å². The number of phenolic OH excluding ortho intramolecular Hbond substituents is 1. The summed E-state index contributed by atoms with van der Waals surface area (Å²) in [5, 5.41) is 9.71. The quantitative estimate of drug-likeness (QED) is 0.692. The predicted molar refractivity (Wildman–Crippen MR) is 104 cm³/mol. The molecule has 0 fully saturated rings. The molecule has 0 amide bonds. The molecule has 0 bridgehead atoms. The van der Waals surface area contributed by atoms with Gasteiger partial charge in [0.1, 0.15) is 0 Å². The summed E-state index contributed by atoms with van der Waals surface area (Å²) in [6.45, 7) is 12.9. The Morgan fingerprint density at radius 2 is 1.36 bits per heavy atom. The highest BCUT2D eigenvalue weighted by Crippen LogP contribution is 2.31. The molecule has 0 unspecified atom stereocenters. The van der Waals surface area contributed by atoms with Crippen molar-refractivity contribution in [3.05, 3.63) is 53.0 Å². The topological polar surface area (TPSA) is 40.8 Å². The zero-order chi connectivity index (χ0) is 18.8. The average Bonchev–Trinajstić information content (AvgIpc) is 2.52. The van der Waals surface area contributed by atoms with Gasteiger partial charge in [0.15, 0.2) is 11.5 Å². The summed E-state index contributed by atoms with van der Waals surface area (Å²) in [6.07, 6.45) is 4.07. The largest absolute Gasteiger partial charge is 0.504 e. The van der Waals surface area contributed by atoms with Crippen molar-refractivity contribution in [2.24, 2.45) is 0 Å². The third-order valence-electron chi connectivity index (χ3n) is 3.97. The lowest BCUT2D eigenvalue weighted by Gasteiger charge is -2.14. The van der Waals surface area contributed by atoms with Crippen LogP contribution in [0.15, 0.2) is 34.7 Å². The minimum atomic E-state index is -0.0639. The molecule has 1 N–H and O–H groups in total. The summed E-state index contributed by atoms with van der Waals surface area (Å²) in [7, 11) is 1.55. The van der Waals surface area contributed by atoms with E-state index in [1.54, 1.807) is 13.2 Å². The van der Waals surface area contributed by atoms with Gasteiger partial charge < -0.3 is 9.84 Å². The van der Waals surface area contributed by atoms with Crippen molar-refractivity contribution in [1.29, 1.82) is 0 Å². The Balaban J connectivity index is 2.44. The fourth-order valence-electron chi connectivity index (χ4n) is 2.35. The first-order chi connectivity index (χ1) is 11.5. The lowest BCUT2D eigenvalue weighted by atomic mass is 9.88. The smallest absolute Gasteiger partial charge is 0.335 e. The standard InChI is InChI=1S/C22H28O3/c1-21(2,3)19-13-16(14-20(25-19)22(4,5)6)9-8-15-10-11-17(23)18(12-15)24-7/h8-14H,1-7H3/p+1/b9-8+. The van der Waals surface area contributed by atoms with E-state index >= 15 is 0 Å². The summed E-state index contributed by atoms with van der Waals surface area (Å²) in [5.74, 6) is 2.53. The van der Waals surface area contributed by atoms with E-state index in [1.807, 2.05) is 18.2 Å². The van der Waals surface area contributed by atoms with E-state index in [1.165, 1.54) is 0 Å². The molecule has 0 aliphatic heterocycles. The molecule has 134 valence electrons. The Kier molecular flexibility index (Phi) is 5.26. The first kappa shape index (κ1) is 19.0. The lowest BCUT2D eigenvalue weighted by Crippen LogP contribution is -2.16. The van der Waals surface area contributed by atoms with E-state index in [4.69, 9.17) is 9.15 Å². The second-order valence-corrected chi connectivity index (χ2v) is 8.38. The maximum atomic E-state index is 9.71. The maximum absolute atomic E-state index is 9.71. The van der Waals surface area contributed by atoms with Crippen LogP contribution in [0.25, 0.3) is 12.2 Å². The number of phenols is 1. The summed E-state index contributed by atoms with van der Waals surface area (Å²) < 4.78 is 11.3. The van der Waals surface area contributed by atoms with Crippen molar-refractivity contribution < 1.29 is 14.3 Å². The maximum Gasteiger partial charge on any atom is 0.335 e. The van der Waals surface area contributed by atoms with Gasteiger partial charge in [-0.1, -0.05) is 18.2 Å². The number of rotatable bonds is 3. The molecule has 0 saturated heterocycles. The van der Waals surface area contributed by atoms with Crippen molar-refractivity contribution in [2.45, 2.75) is 52.4 Å². The van der Waals surface area contributed by atoms with Crippen LogP contribution >= 0.6 is 0 Å². The second-order valence-electron chi connectivity index (χ2n) is 8.38. The number of ether oxygens (including phenoxy) is 1. The summed E-state index contributed by atoms with van der Waals surface area (Å²) in [5.41, 5.74) is 1.93. The van der Waals surface area contributed by atoms with Crippen LogP contribution < -0.4 is 4.74 Å². The molecular formula is C22H29O3+. The molecule has 1 aromatic carbocycles. The fraction of sp³-hybridized carbons (Fsp3) is 0.409.